The second kappa shape index (κ2) is 5.90. The van der Waals surface area contributed by atoms with E-state index in [0.29, 0.717) is 6.04 Å². The van der Waals surface area contributed by atoms with Crippen LogP contribution in [0.15, 0.2) is 24.3 Å². The SMILES string of the molecule is CNc1ccc(-c2c3c(nn2C(C)C)CCNCC3)cc1. The van der Waals surface area contributed by atoms with E-state index >= 15 is 0 Å². The Morgan fingerprint density at radius 2 is 1.86 bits per heavy atom. The average molecular weight is 284 g/mol. The molecule has 0 spiro atoms. The summed E-state index contributed by atoms with van der Waals surface area (Å²) in [5.74, 6) is 0. The third-order valence-electron chi connectivity index (χ3n) is 4.12. The second-order valence-corrected chi connectivity index (χ2v) is 5.89. The maximum atomic E-state index is 4.89. The summed E-state index contributed by atoms with van der Waals surface area (Å²) in [5, 5.41) is 11.5. The lowest BCUT2D eigenvalue weighted by Gasteiger charge is -2.13. The van der Waals surface area contributed by atoms with E-state index in [2.05, 4.69) is 53.4 Å². The van der Waals surface area contributed by atoms with Crippen molar-refractivity contribution in [1.29, 1.82) is 0 Å². The van der Waals surface area contributed by atoms with Crippen LogP contribution in [0.25, 0.3) is 11.3 Å². The first-order valence-corrected chi connectivity index (χ1v) is 7.80. The number of nitrogens with one attached hydrogen (secondary N) is 2. The van der Waals surface area contributed by atoms with Gasteiger partial charge in [0.2, 0.25) is 0 Å². The van der Waals surface area contributed by atoms with Gasteiger partial charge in [-0.15, -0.1) is 0 Å². The zero-order chi connectivity index (χ0) is 14.8. The fourth-order valence-corrected chi connectivity index (χ4v) is 3.00. The molecule has 1 aliphatic heterocycles. The van der Waals surface area contributed by atoms with Gasteiger partial charge in [0.15, 0.2) is 0 Å². The molecule has 0 amide bonds. The number of nitrogens with zero attached hydrogens (tertiary/aromatic N) is 2. The van der Waals surface area contributed by atoms with Crippen LogP contribution >= 0.6 is 0 Å². The maximum absolute atomic E-state index is 4.89. The summed E-state index contributed by atoms with van der Waals surface area (Å²) in [7, 11) is 1.95. The molecule has 2 heterocycles. The van der Waals surface area contributed by atoms with Crippen molar-refractivity contribution in [2.24, 2.45) is 0 Å². The van der Waals surface area contributed by atoms with E-state index in [1.165, 1.54) is 22.5 Å². The number of aromatic nitrogens is 2. The van der Waals surface area contributed by atoms with Gasteiger partial charge < -0.3 is 10.6 Å². The van der Waals surface area contributed by atoms with Gasteiger partial charge >= 0.3 is 0 Å². The standard InChI is InChI=1S/C17H24N4/c1-12(2)21-17(13-4-6-14(18-3)7-5-13)15-8-10-19-11-9-16(15)20-21/h4-7,12,18-19H,8-11H2,1-3H3. The van der Waals surface area contributed by atoms with Crippen molar-refractivity contribution >= 4 is 5.69 Å². The second-order valence-electron chi connectivity index (χ2n) is 5.89. The number of rotatable bonds is 3. The minimum absolute atomic E-state index is 0.379. The molecule has 0 atom stereocenters. The molecule has 112 valence electrons. The smallest absolute Gasteiger partial charge is 0.0720 e. The Labute approximate surface area is 126 Å². The molecule has 0 radical (unpaired) electrons. The van der Waals surface area contributed by atoms with Gasteiger partial charge in [0.25, 0.3) is 0 Å². The van der Waals surface area contributed by atoms with Crippen molar-refractivity contribution in [3.05, 3.63) is 35.5 Å². The predicted octanol–water partition coefficient (Wildman–Crippen LogP) is 2.86. The summed E-state index contributed by atoms with van der Waals surface area (Å²) in [6, 6.07) is 9.03. The van der Waals surface area contributed by atoms with Crippen molar-refractivity contribution in [2.45, 2.75) is 32.7 Å². The molecular formula is C17H24N4. The highest BCUT2D eigenvalue weighted by atomic mass is 15.3. The highest BCUT2D eigenvalue weighted by Crippen LogP contribution is 2.31. The van der Waals surface area contributed by atoms with Crippen molar-refractivity contribution in [2.75, 3.05) is 25.5 Å². The van der Waals surface area contributed by atoms with Crippen LogP contribution in [0.2, 0.25) is 0 Å². The summed E-state index contributed by atoms with van der Waals surface area (Å²) in [5.41, 5.74) is 6.39. The first-order chi connectivity index (χ1) is 10.2. The Hall–Kier alpha value is -1.81. The Kier molecular flexibility index (Phi) is 3.97. The number of fused-ring (bicyclic) bond motifs is 1. The van der Waals surface area contributed by atoms with Gasteiger partial charge in [-0.2, -0.15) is 5.10 Å². The van der Waals surface area contributed by atoms with E-state index < -0.39 is 0 Å². The fraction of sp³-hybridized carbons (Fsp3) is 0.471. The highest BCUT2D eigenvalue weighted by Gasteiger charge is 2.21. The molecule has 0 unspecified atom stereocenters. The molecule has 3 rings (SSSR count). The summed E-state index contributed by atoms with van der Waals surface area (Å²) in [4.78, 5) is 0. The van der Waals surface area contributed by atoms with Crippen LogP contribution in [-0.2, 0) is 12.8 Å². The molecule has 0 saturated heterocycles. The minimum Gasteiger partial charge on any atom is -0.388 e. The van der Waals surface area contributed by atoms with Gasteiger partial charge in [0.1, 0.15) is 0 Å². The Balaban J connectivity index is 2.11. The van der Waals surface area contributed by atoms with Crippen molar-refractivity contribution in [1.82, 2.24) is 15.1 Å². The summed E-state index contributed by atoms with van der Waals surface area (Å²) in [6.07, 6.45) is 2.09. The minimum atomic E-state index is 0.379. The summed E-state index contributed by atoms with van der Waals surface area (Å²) in [6.45, 7) is 6.48. The van der Waals surface area contributed by atoms with Gasteiger partial charge in [0, 0.05) is 42.9 Å². The monoisotopic (exact) mass is 284 g/mol. The third kappa shape index (κ3) is 2.68. The van der Waals surface area contributed by atoms with Crippen LogP contribution < -0.4 is 10.6 Å². The maximum Gasteiger partial charge on any atom is 0.0720 e. The Morgan fingerprint density at radius 1 is 1.14 bits per heavy atom. The summed E-state index contributed by atoms with van der Waals surface area (Å²) >= 11 is 0. The molecule has 4 heteroatoms. The van der Waals surface area contributed by atoms with Crippen LogP contribution in [-0.4, -0.2) is 29.9 Å². The van der Waals surface area contributed by atoms with Gasteiger partial charge in [-0.25, -0.2) is 0 Å². The topological polar surface area (TPSA) is 41.9 Å². The number of hydrogen-bond donors (Lipinski definition) is 2. The summed E-state index contributed by atoms with van der Waals surface area (Å²) < 4.78 is 2.20. The molecule has 1 aliphatic rings. The third-order valence-corrected chi connectivity index (χ3v) is 4.12. The lowest BCUT2D eigenvalue weighted by Crippen LogP contribution is -2.17. The molecule has 4 nitrogen and oxygen atoms in total. The first-order valence-electron chi connectivity index (χ1n) is 7.80. The largest absolute Gasteiger partial charge is 0.388 e. The van der Waals surface area contributed by atoms with Crippen LogP contribution in [0.5, 0.6) is 0 Å². The molecule has 0 fully saturated rings. The number of benzene rings is 1. The number of anilines is 1. The predicted molar refractivity (Wildman–Crippen MR) is 87.9 cm³/mol. The molecule has 0 saturated carbocycles. The lowest BCUT2D eigenvalue weighted by atomic mass is 10.0. The van der Waals surface area contributed by atoms with E-state index in [9.17, 15) is 0 Å². The normalized spacial score (nSPS) is 14.9. The molecule has 1 aromatic carbocycles. The van der Waals surface area contributed by atoms with Gasteiger partial charge in [-0.1, -0.05) is 12.1 Å². The van der Waals surface area contributed by atoms with Crippen molar-refractivity contribution in [3.63, 3.8) is 0 Å². The van der Waals surface area contributed by atoms with Crippen LogP contribution in [0.4, 0.5) is 5.69 Å². The lowest BCUT2D eigenvalue weighted by molar-refractivity contribution is 0.529. The quantitative estimate of drug-likeness (QED) is 0.910. The van der Waals surface area contributed by atoms with Crippen LogP contribution in [0, 0.1) is 0 Å². The van der Waals surface area contributed by atoms with E-state index in [1.54, 1.807) is 0 Å². The fourth-order valence-electron chi connectivity index (χ4n) is 3.00. The first kappa shape index (κ1) is 14.1. The number of hydrogen-bond acceptors (Lipinski definition) is 3. The molecule has 0 bridgehead atoms. The van der Waals surface area contributed by atoms with E-state index in [0.717, 1.165) is 31.6 Å². The molecular weight excluding hydrogens is 260 g/mol. The van der Waals surface area contributed by atoms with Crippen LogP contribution in [0.1, 0.15) is 31.1 Å². The Bertz CT molecular complexity index is 610. The van der Waals surface area contributed by atoms with E-state index in [4.69, 9.17) is 5.10 Å². The molecule has 2 aromatic rings. The van der Waals surface area contributed by atoms with Gasteiger partial charge in [-0.3, -0.25) is 4.68 Å². The molecule has 2 N–H and O–H groups in total. The van der Waals surface area contributed by atoms with Crippen molar-refractivity contribution in [3.8, 4) is 11.3 Å². The highest BCUT2D eigenvalue weighted by molar-refractivity contribution is 5.67. The zero-order valence-electron chi connectivity index (χ0n) is 13.1. The van der Waals surface area contributed by atoms with Gasteiger partial charge in [-0.05, 0) is 38.9 Å². The van der Waals surface area contributed by atoms with Crippen LogP contribution in [0.3, 0.4) is 0 Å². The zero-order valence-corrected chi connectivity index (χ0v) is 13.1. The van der Waals surface area contributed by atoms with E-state index in [1.807, 2.05) is 7.05 Å². The van der Waals surface area contributed by atoms with Crippen molar-refractivity contribution < 1.29 is 0 Å². The van der Waals surface area contributed by atoms with E-state index in [-0.39, 0.29) is 0 Å². The molecule has 1 aromatic heterocycles. The van der Waals surface area contributed by atoms with Gasteiger partial charge in [0.05, 0.1) is 11.4 Å². The molecule has 0 aliphatic carbocycles. The Morgan fingerprint density at radius 3 is 2.52 bits per heavy atom. The molecule has 21 heavy (non-hydrogen) atoms. The average Bonchev–Trinajstić information content (AvgIpc) is 2.71.